The van der Waals surface area contributed by atoms with Gasteiger partial charge in [0.25, 0.3) is 0 Å². The molecule has 0 radical (unpaired) electrons. The van der Waals surface area contributed by atoms with Crippen molar-refractivity contribution >= 4 is 35.6 Å². The summed E-state index contributed by atoms with van der Waals surface area (Å²) in [5.41, 5.74) is 10.5. The highest BCUT2D eigenvalue weighted by Gasteiger charge is 2.32. The average Bonchev–Trinajstić information content (AvgIpc) is 2.66. The van der Waals surface area contributed by atoms with Gasteiger partial charge in [-0.05, 0) is 19.3 Å². The molecule has 0 saturated heterocycles. The molecule has 13 heteroatoms. The number of nitrogens with two attached hydrogens (primary N) is 2. The number of hydrogen-bond donors (Lipinski definition) is 7. The molecule has 0 saturated carbocycles. The molecule has 0 rings (SSSR count). The largest absolute Gasteiger partial charge is 0.481 e. The van der Waals surface area contributed by atoms with E-state index in [4.69, 9.17) is 21.7 Å². The molecule has 0 spiro atoms. The van der Waals surface area contributed by atoms with Crippen LogP contribution in [-0.2, 0) is 28.8 Å². The van der Waals surface area contributed by atoms with Crippen LogP contribution in [0.5, 0.6) is 0 Å². The van der Waals surface area contributed by atoms with Crippen LogP contribution >= 0.6 is 0 Å². The molecule has 0 heterocycles. The second kappa shape index (κ2) is 13.2. The van der Waals surface area contributed by atoms with Crippen LogP contribution in [0, 0.1) is 5.92 Å². The summed E-state index contributed by atoms with van der Waals surface area (Å²) in [7, 11) is 0. The van der Waals surface area contributed by atoms with Crippen LogP contribution in [0.3, 0.4) is 0 Å². The predicted molar refractivity (Wildman–Crippen MR) is 107 cm³/mol. The first-order valence-corrected chi connectivity index (χ1v) is 9.69. The quantitative estimate of drug-likeness (QED) is 0.151. The van der Waals surface area contributed by atoms with Crippen molar-refractivity contribution in [2.75, 3.05) is 0 Å². The topological polar surface area (TPSA) is 231 Å². The molecule has 4 amide bonds. The summed E-state index contributed by atoms with van der Waals surface area (Å²) >= 11 is 0. The van der Waals surface area contributed by atoms with Crippen molar-refractivity contribution in [2.45, 2.75) is 70.6 Å². The minimum Gasteiger partial charge on any atom is -0.481 e. The zero-order valence-corrected chi connectivity index (χ0v) is 17.7. The van der Waals surface area contributed by atoms with Crippen LogP contribution < -0.4 is 27.4 Å². The van der Waals surface area contributed by atoms with Crippen LogP contribution in [0.2, 0.25) is 0 Å². The molecule has 13 nitrogen and oxygen atoms in total. The molecule has 5 unspecified atom stereocenters. The van der Waals surface area contributed by atoms with E-state index in [2.05, 4.69) is 16.0 Å². The highest BCUT2D eigenvalue weighted by Crippen LogP contribution is 2.10. The van der Waals surface area contributed by atoms with E-state index < -0.39 is 72.6 Å². The maximum atomic E-state index is 12.8. The predicted octanol–water partition coefficient (Wildman–Crippen LogP) is -2.34. The lowest BCUT2D eigenvalue weighted by molar-refractivity contribution is -0.144. The van der Waals surface area contributed by atoms with Crippen molar-refractivity contribution in [3.8, 4) is 0 Å². The van der Waals surface area contributed by atoms with Gasteiger partial charge >= 0.3 is 11.9 Å². The second-order valence-corrected chi connectivity index (χ2v) is 7.22. The van der Waals surface area contributed by atoms with Gasteiger partial charge in [-0.2, -0.15) is 0 Å². The van der Waals surface area contributed by atoms with Gasteiger partial charge in [0.1, 0.15) is 18.1 Å². The Bertz CT molecular complexity index is 696. The number of hydrogen-bond acceptors (Lipinski definition) is 7. The molecular formula is C18H31N5O8. The number of rotatable bonds is 14. The Balaban J connectivity index is 5.57. The fourth-order valence-electron chi connectivity index (χ4n) is 2.46. The molecule has 176 valence electrons. The monoisotopic (exact) mass is 445 g/mol. The number of carboxylic acids is 2. The molecule has 0 aromatic heterocycles. The van der Waals surface area contributed by atoms with Gasteiger partial charge in [0, 0.05) is 6.42 Å². The molecule has 0 bridgehead atoms. The van der Waals surface area contributed by atoms with E-state index >= 15 is 0 Å². The average molecular weight is 445 g/mol. The maximum absolute atomic E-state index is 12.8. The van der Waals surface area contributed by atoms with Gasteiger partial charge < -0.3 is 37.6 Å². The van der Waals surface area contributed by atoms with Gasteiger partial charge in [0.2, 0.25) is 23.6 Å². The third-order valence-electron chi connectivity index (χ3n) is 4.51. The molecule has 9 N–H and O–H groups in total. The minimum absolute atomic E-state index is 0.354. The van der Waals surface area contributed by atoms with E-state index in [9.17, 15) is 28.8 Å². The number of amides is 4. The Morgan fingerprint density at radius 3 is 1.84 bits per heavy atom. The molecule has 0 aliphatic carbocycles. The zero-order valence-electron chi connectivity index (χ0n) is 17.7. The van der Waals surface area contributed by atoms with Crippen molar-refractivity contribution in [1.29, 1.82) is 0 Å². The first-order valence-electron chi connectivity index (χ1n) is 9.69. The van der Waals surface area contributed by atoms with Crippen molar-refractivity contribution in [3.05, 3.63) is 0 Å². The summed E-state index contributed by atoms with van der Waals surface area (Å²) in [6, 6.07) is -5.05. The first kappa shape index (κ1) is 27.8. The van der Waals surface area contributed by atoms with Crippen LogP contribution in [0.1, 0.15) is 46.5 Å². The molecule has 0 aliphatic rings. The maximum Gasteiger partial charge on any atom is 0.326 e. The van der Waals surface area contributed by atoms with Crippen molar-refractivity contribution < 1.29 is 39.0 Å². The Morgan fingerprint density at radius 2 is 1.42 bits per heavy atom. The molecular weight excluding hydrogens is 414 g/mol. The van der Waals surface area contributed by atoms with E-state index in [1.54, 1.807) is 13.8 Å². The molecule has 0 aromatic rings. The summed E-state index contributed by atoms with van der Waals surface area (Å²) in [6.07, 6.45) is -1.07. The van der Waals surface area contributed by atoms with Gasteiger partial charge in [0.15, 0.2) is 0 Å². The Hall–Kier alpha value is -3.22. The Labute approximate surface area is 179 Å². The third kappa shape index (κ3) is 10.4. The van der Waals surface area contributed by atoms with Crippen molar-refractivity contribution in [2.24, 2.45) is 17.4 Å². The van der Waals surface area contributed by atoms with Gasteiger partial charge in [-0.3, -0.25) is 24.0 Å². The summed E-state index contributed by atoms with van der Waals surface area (Å²) in [6.45, 7) is 4.89. The highest BCUT2D eigenvalue weighted by atomic mass is 16.4. The second-order valence-electron chi connectivity index (χ2n) is 7.22. The van der Waals surface area contributed by atoms with Gasteiger partial charge in [-0.15, -0.1) is 0 Å². The standard InChI is InChI=1S/C18H31N5O8/c1-4-8(2)14(23-15(27)9(3)19)17(29)21-10(5-6-13(25)26)16(28)22-11(18(30)31)7-12(20)24/h8-11,14H,4-7,19H2,1-3H3,(H2,20,24)(H,21,29)(H,22,28)(H,23,27)(H,25,26)(H,30,31). The van der Waals surface area contributed by atoms with Crippen LogP contribution in [0.25, 0.3) is 0 Å². The summed E-state index contributed by atoms with van der Waals surface area (Å²) in [4.78, 5) is 70.5. The van der Waals surface area contributed by atoms with E-state index in [1.807, 2.05) is 0 Å². The van der Waals surface area contributed by atoms with Gasteiger partial charge in [-0.25, -0.2) is 4.79 Å². The number of carboxylic acid groups (broad SMARTS) is 2. The van der Waals surface area contributed by atoms with Crippen LogP contribution in [0.15, 0.2) is 0 Å². The summed E-state index contributed by atoms with van der Waals surface area (Å²) in [5.74, 6) is -6.48. The van der Waals surface area contributed by atoms with Crippen molar-refractivity contribution in [1.82, 2.24) is 16.0 Å². The lowest BCUT2D eigenvalue weighted by atomic mass is 9.97. The SMILES string of the molecule is CCC(C)C(NC(=O)C(C)N)C(=O)NC(CCC(=O)O)C(=O)NC(CC(N)=O)C(=O)O. The number of aliphatic carboxylic acids is 2. The minimum atomic E-state index is -1.66. The molecule has 31 heavy (non-hydrogen) atoms. The molecule has 0 aliphatic heterocycles. The number of carbonyl (C=O) groups is 6. The smallest absolute Gasteiger partial charge is 0.326 e. The summed E-state index contributed by atoms with van der Waals surface area (Å²) < 4.78 is 0. The van der Waals surface area contributed by atoms with Gasteiger partial charge in [-0.1, -0.05) is 20.3 Å². The number of carbonyl (C=O) groups excluding carboxylic acids is 4. The molecule has 0 fully saturated rings. The number of primary amides is 1. The fraction of sp³-hybridized carbons (Fsp3) is 0.667. The molecule has 5 atom stereocenters. The van der Waals surface area contributed by atoms with Crippen LogP contribution in [-0.4, -0.2) is 69.9 Å². The lowest BCUT2D eigenvalue weighted by Crippen LogP contribution is -2.58. The van der Waals surface area contributed by atoms with Gasteiger partial charge in [0.05, 0.1) is 12.5 Å². The Kier molecular flexibility index (Phi) is 11.8. The molecule has 0 aromatic carbocycles. The van der Waals surface area contributed by atoms with E-state index in [1.165, 1.54) is 6.92 Å². The van der Waals surface area contributed by atoms with E-state index in [-0.39, 0.29) is 12.3 Å². The van der Waals surface area contributed by atoms with Crippen molar-refractivity contribution in [3.63, 3.8) is 0 Å². The zero-order chi connectivity index (χ0) is 24.3. The third-order valence-corrected chi connectivity index (χ3v) is 4.51. The first-order chi connectivity index (χ1) is 14.3. The fourth-order valence-corrected chi connectivity index (χ4v) is 2.46. The lowest BCUT2D eigenvalue weighted by Gasteiger charge is -2.27. The van der Waals surface area contributed by atoms with Crippen LogP contribution in [0.4, 0.5) is 0 Å². The summed E-state index contributed by atoms with van der Waals surface area (Å²) in [5, 5.41) is 24.9. The van der Waals surface area contributed by atoms with E-state index in [0.717, 1.165) is 0 Å². The highest BCUT2D eigenvalue weighted by molar-refractivity contribution is 5.95. The number of nitrogens with one attached hydrogen (secondary N) is 3. The Morgan fingerprint density at radius 1 is 0.871 bits per heavy atom. The normalized spacial score (nSPS) is 15.5. The van der Waals surface area contributed by atoms with E-state index in [0.29, 0.717) is 6.42 Å².